The molecule has 3 heteroatoms. The zero-order valence-corrected chi connectivity index (χ0v) is 10.1. The van der Waals surface area contributed by atoms with Gasteiger partial charge in [0.2, 0.25) is 0 Å². The van der Waals surface area contributed by atoms with Gasteiger partial charge in [0.1, 0.15) is 11.9 Å². The first-order valence-electron chi connectivity index (χ1n) is 6.12. The molecular formula is C14H18O3. The second-order valence-electron chi connectivity index (χ2n) is 4.59. The second-order valence-corrected chi connectivity index (χ2v) is 4.59. The molecule has 2 atom stereocenters. The number of aliphatic hydroxyl groups is 1. The summed E-state index contributed by atoms with van der Waals surface area (Å²) in [5, 5.41) is 9.79. The number of rotatable bonds is 3. The Kier molecular flexibility index (Phi) is 3.79. The third-order valence-corrected chi connectivity index (χ3v) is 3.22. The fourth-order valence-electron chi connectivity index (χ4n) is 2.16. The average Bonchev–Trinajstić information content (AvgIpc) is 2.33. The van der Waals surface area contributed by atoms with Crippen LogP contribution in [0, 0.1) is 0 Å². The van der Waals surface area contributed by atoms with Crippen molar-refractivity contribution in [3.63, 3.8) is 0 Å². The molecule has 92 valence electrons. The predicted molar refractivity (Wildman–Crippen MR) is 65.3 cm³/mol. The van der Waals surface area contributed by atoms with Crippen molar-refractivity contribution >= 4 is 5.78 Å². The van der Waals surface area contributed by atoms with Crippen molar-refractivity contribution in [3.8, 4) is 5.75 Å². The van der Waals surface area contributed by atoms with Crippen molar-refractivity contribution in [3.05, 3.63) is 29.8 Å². The lowest BCUT2D eigenvalue weighted by atomic mass is 9.95. The zero-order chi connectivity index (χ0) is 12.3. The van der Waals surface area contributed by atoms with E-state index in [4.69, 9.17) is 4.74 Å². The van der Waals surface area contributed by atoms with E-state index in [-0.39, 0.29) is 18.0 Å². The zero-order valence-electron chi connectivity index (χ0n) is 10.1. The third kappa shape index (κ3) is 3.07. The number of hydrogen-bond donors (Lipinski definition) is 1. The van der Waals surface area contributed by atoms with E-state index in [1.54, 1.807) is 31.2 Å². The molecule has 1 aromatic carbocycles. The summed E-state index contributed by atoms with van der Waals surface area (Å²) in [5.41, 5.74) is 0.682. The number of hydrogen-bond acceptors (Lipinski definition) is 3. The summed E-state index contributed by atoms with van der Waals surface area (Å²) in [6, 6.07) is 7.09. The van der Waals surface area contributed by atoms with Crippen molar-refractivity contribution in [2.24, 2.45) is 0 Å². The number of Topliss-reactive ketones (excluding diaryl/α,β-unsaturated/α-hetero) is 1. The fourth-order valence-corrected chi connectivity index (χ4v) is 2.16. The SMILES string of the molecule is CC(=O)c1ccc(OC2CCCCC2O)cc1. The van der Waals surface area contributed by atoms with Crippen LogP contribution in [-0.4, -0.2) is 23.1 Å². The second kappa shape index (κ2) is 5.32. The number of carbonyl (C=O) groups excluding carboxylic acids is 1. The van der Waals surface area contributed by atoms with Gasteiger partial charge in [0.25, 0.3) is 0 Å². The van der Waals surface area contributed by atoms with Crippen LogP contribution in [0.15, 0.2) is 24.3 Å². The lowest BCUT2D eigenvalue weighted by Gasteiger charge is -2.28. The molecule has 0 aromatic heterocycles. The van der Waals surface area contributed by atoms with Crippen LogP contribution < -0.4 is 4.74 Å². The number of aliphatic hydroxyl groups excluding tert-OH is 1. The van der Waals surface area contributed by atoms with E-state index in [0.717, 1.165) is 31.4 Å². The lowest BCUT2D eigenvalue weighted by molar-refractivity contribution is 0.00687. The molecule has 0 radical (unpaired) electrons. The molecule has 3 nitrogen and oxygen atoms in total. The minimum atomic E-state index is -0.365. The number of ether oxygens (including phenoxy) is 1. The van der Waals surface area contributed by atoms with Gasteiger partial charge in [0.05, 0.1) is 6.10 Å². The Morgan fingerprint density at radius 1 is 1.24 bits per heavy atom. The first-order valence-corrected chi connectivity index (χ1v) is 6.12. The molecule has 2 rings (SSSR count). The predicted octanol–water partition coefficient (Wildman–Crippen LogP) is 2.57. The maximum atomic E-state index is 11.1. The van der Waals surface area contributed by atoms with Crippen LogP contribution in [0.4, 0.5) is 0 Å². The molecule has 0 saturated heterocycles. The van der Waals surface area contributed by atoms with Gasteiger partial charge in [0, 0.05) is 5.56 Å². The topological polar surface area (TPSA) is 46.5 Å². The van der Waals surface area contributed by atoms with Crippen LogP contribution in [-0.2, 0) is 0 Å². The van der Waals surface area contributed by atoms with Gasteiger partial charge in [-0.25, -0.2) is 0 Å². The van der Waals surface area contributed by atoms with Gasteiger partial charge in [0.15, 0.2) is 5.78 Å². The van der Waals surface area contributed by atoms with Crippen LogP contribution >= 0.6 is 0 Å². The summed E-state index contributed by atoms with van der Waals surface area (Å²) in [4.78, 5) is 11.1. The van der Waals surface area contributed by atoms with E-state index in [1.165, 1.54) is 0 Å². The Hall–Kier alpha value is -1.35. The molecule has 0 bridgehead atoms. The van der Waals surface area contributed by atoms with Crippen LogP contribution in [0.3, 0.4) is 0 Å². The normalized spacial score (nSPS) is 24.4. The highest BCUT2D eigenvalue weighted by atomic mass is 16.5. The van der Waals surface area contributed by atoms with Crippen LogP contribution in [0.1, 0.15) is 43.0 Å². The number of benzene rings is 1. The summed E-state index contributed by atoms with van der Waals surface area (Å²) >= 11 is 0. The molecule has 1 aromatic rings. The highest BCUT2D eigenvalue weighted by Crippen LogP contribution is 2.24. The van der Waals surface area contributed by atoms with Crippen molar-refractivity contribution in [2.45, 2.75) is 44.8 Å². The Morgan fingerprint density at radius 2 is 1.88 bits per heavy atom. The van der Waals surface area contributed by atoms with Gasteiger partial charge in [-0.2, -0.15) is 0 Å². The van der Waals surface area contributed by atoms with Crippen molar-refractivity contribution in [1.82, 2.24) is 0 Å². The maximum absolute atomic E-state index is 11.1. The summed E-state index contributed by atoms with van der Waals surface area (Å²) in [5.74, 6) is 0.773. The Morgan fingerprint density at radius 3 is 2.47 bits per heavy atom. The van der Waals surface area contributed by atoms with E-state index in [0.29, 0.717) is 5.56 Å². The summed E-state index contributed by atoms with van der Waals surface area (Å²) < 4.78 is 5.74. The first-order chi connectivity index (χ1) is 8.16. The van der Waals surface area contributed by atoms with E-state index in [9.17, 15) is 9.90 Å². The molecule has 1 aliphatic carbocycles. The Balaban J connectivity index is 2.00. The Labute approximate surface area is 101 Å². The van der Waals surface area contributed by atoms with E-state index in [1.807, 2.05) is 0 Å². The van der Waals surface area contributed by atoms with E-state index in [2.05, 4.69) is 0 Å². The highest BCUT2D eigenvalue weighted by molar-refractivity contribution is 5.94. The third-order valence-electron chi connectivity index (χ3n) is 3.22. The maximum Gasteiger partial charge on any atom is 0.159 e. The first kappa shape index (κ1) is 12.1. The van der Waals surface area contributed by atoms with Gasteiger partial charge >= 0.3 is 0 Å². The van der Waals surface area contributed by atoms with Gasteiger partial charge in [-0.1, -0.05) is 6.42 Å². The molecule has 1 saturated carbocycles. The monoisotopic (exact) mass is 234 g/mol. The van der Waals surface area contributed by atoms with Crippen molar-refractivity contribution < 1.29 is 14.6 Å². The molecule has 1 fully saturated rings. The quantitative estimate of drug-likeness (QED) is 0.818. The van der Waals surface area contributed by atoms with E-state index >= 15 is 0 Å². The average molecular weight is 234 g/mol. The van der Waals surface area contributed by atoms with Crippen molar-refractivity contribution in [1.29, 1.82) is 0 Å². The molecular weight excluding hydrogens is 216 g/mol. The summed E-state index contributed by atoms with van der Waals surface area (Å²) in [6.07, 6.45) is 3.42. The lowest BCUT2D eigenvalue weighted by Crippen LogP contribution is -2.34. The van der Waals surface area contributed by atoms with Crippen LogP contribution in [0.25, 0.3) is 0 Å². The molecule has 1 N–H and O–H groups in total. The Bertz CT molecular complexity index is 383. The molecule has 0 spiro atoms. The van der Waals surface area contributed by atoms with Gasteiger partial charge in [-0.15, -0.1) is 0 Å². The van der Waals surface area contributed by atoms with Gasteiger partial charge in [-0.3, -0.25) is 4.79 Å². The molecule has 17 heavy (non-hydrogen) atoms. The minimum absolute atomic E-state index is 0.0502. The van der Waals surface area contributed by atoms with Gasteiger partial charge < -0.3 is 9.84 Å². The van der Waals surface area contributed by atoms with E-state index < -0.39 is 0 Å². The molecule has 2 unspecified atom stereocenters. The number of ketones is 1. The standard InChI is InChI=1S/C14H18O3/c1-10(15)11-6-8-12(9-7-11)17-14-5-3-2-4-13(14)16/h6-9,13-14,16H,2-5H2,1H3. The largest absolute Gasteiger partial charge is 0.488 e. The van der Waals surface area contributed by atoms with Crippen LogP contribution in [0.2, 0.25) is 0 Å². The summed E-state index contributed by atoms with van der Waals surface area (Å²) in [7, 11) is 0. The molecule has 1 aliphatic rings. The smallest absolute Gasteiger partial charge is 0.159 e. The molecule has 0 heterocycles. The molecule has 0 aliphatic heterocycles. The number of carbonyl (C=O) groups is 1. The van der Waals surface area contributed by atoms with Crippen LogP contribution in [0.5, 0.6) is 5.75 Å². The molecule has 0 amide bonds. The fraction of sp³-hybridized carbons (Fsp3) is 0.500. The highest BCUT2D eigenvalue weighted by Gasteiger charge is 2.24. The van der Waals surface area contributed by atoms with Crippen molar-refractivity contribution in [2.75, 3.05) is 0 Å². The van der Waals surface area contributed by atoms with Gasteiger partial charge in [-0.05, 0) is 50.5 Å². The minimum Gasteiger partial charge on any atom is -0.488 e. The summed E-state index contributed by atoms with van der Waals surface area (Å²) in [6.45, 7) is 1.54.